The first kappa shape index (κ1) is 20.6. The zero-order valence-electron chi connectivity index (χ0n) is 16.1. The summed E-state index contributed by atoms with van der Waals surface area (Å²) in [5, 5.41) is 11.8. The number of hydrogen-bond acceptors (Lipinski definition) is 6. The molecule has 1 aliphatic rings. The molecular weight excluding hydrogens is 386 g/mol. The molecule has 0 saturated carbocycles. The van der Waals surface area contributed by atoms with Crippen molar-refractivity contribution in [3.05, 3.63) is 70.1 Å². The van der Waals surface area contributed by atoms with Crippen molar-refractivity contribution in [2.75, 3.05) is 19.7 Å². The average Bonchev–Trinajstić information content (AvgIpc) is 3.00. The quantitative estimate of drug-likeness (QED) is 0.530. The highest BCUT2D eigenvalue weighted by Crippen LogP contribution is 2.32. The second-order valence-electron chi connectivity index (χ2n) is 6.32. The molecule has 2 aromatic rings. The van der Waals surface area contributed by atoms with Crippen LogP contribution in [0.4, 0.5) is 4.79 Å². The molecule has 0 unspecified atom stereocenters. The Balaban J connectivity index is 1.52. The molecule has 6 nitrogen and oxygen atoms in total. The van der Waals surface area contributed by atoms with Gasteiger partial charge in [-0.25, -0.2) is 0 Å². The standard InChI is InChI=1S/C22H21N3O3S/c1-2-28-19-9-7-16(8-10-19)13-20-21(26)25(22(27)29-20)12-11-24-15-18-5-3-17(14-23)4-6-18/h3-10,13,24H,2,11-12,15H2,1H3/b20-13-. The highest BCUT2D eigenvalue weighted by atomic mass is 32.2. The van der Waals surface area contributed by atoms with Crippen LogP contribution < -0.4 is 10.1 Å². The fourth-order valence-corrected chi connectivity index (χ4v) is 3.66. The maximum Gasteiger partial charge on any atom is 0.293 e. The number of hydrogen-bond donors (Lipinski definition) is 1. The summed E-state index contributed by atoms with van der Waals surface area (Å²) in [4.78, 5) is 26.4. The zero-order chi connectivity index (χ0) is 20.6. The summed E-state index contributed by atoms with van der Waals surface area (Å²) in [6.07, 6.45) is 1.73. The smallest absolute Gasteiger partial charge is 0.293 e. The van der Waals surface area contributed by atoms with E-state index in [-0.39, 0.29) is 11.1 Å². The Labute approximate surface area is 174 Å². The highest BCUT2D eigenvalue weighted by Gasteiger charge is 2.34. The highest BCUT2D eigenvalue weighted by molar-refractivity contribution is 8.18. The molecule has 1 saturated heterocycles. The number of nitriles is 1. The van der Waals surface area contributed by atoms with Crippen LogP contribution >= 0.6 is 11.8 Å². The summed E-state index contributed by atoms with van der Waals surface area (Å²) in [5.74, 6) is 0.500. The first-order chi connectivity index (χ1) is 14.1. The van der Waals surface area contributed by atoms with Gasteiger partial charge in [-0.3, -0.25) is 14.5 Å². The minimum absolute atomic E-state index is 0.257. The predicted octanol–water partition coefficient (Wildman–Crippen LogP) is 3.78. The van der Waals surface area contributed by atoms with Gasteiger partial charge in [0.15, 0.2) is 0 Å². The SMILES string of the molecule is CCOc1ccc(/C=C2\SC(=O)N(CCNCc3ccc(C#N)cc3)C2=O)cc1. The number of thioether (sulfide) groups is 1. The fraction of sp³-hybridized carbons (Fsp3) is 0.227. The topological polar surface area (TPSA) is 82.4 Å². The van der Waals surface area contributed by atoms with Gasteiger partial charge in [0.25, 0.3) is 11.1 Å². The molecule has 1 N–H and O–H groups in total. The Morgan fingerprint density at radius 3 is 2.52 bits per heavy atom. The molecule has 2 aromatic carbocycles. The number of nitrogens with zero attached hydrogens (tertiary/aromatic N) is 2. The molecule has 7 heteroatoms. The lowest BCUT2D eigenvalue weighted by Crippen LogP contribution is -2.35. The number of nitrogens with one attached hydrogen (secondary N) is 1. The van der Waals surface area contributed by atoms with Crippen LogP contribution in [0.25, 0.3) is 6.08 Å². The molecule has 0 atom stereocenters. The first-order valence-corrected chi connectivity index (χ1v) is 10.1. The summed E-state index contributed by atoms with van der Waals surface area (Å²) in [6.45, 7) is 3.92. The molecule has 0 bridgehead atoms. The normalized spacial score (nSPS) is 15.0. The van der Waals surface area contributed by atoms with Crippen LogP contribution in [-0.4, -0.2) is 35.7 Å². The van der Waals surface area contributed by atoms with E-state index in [1.807, 2.05) is 43.3 Å². The lowest BCUT2D eigenvalue weighted by molar-refractivity contribution is -0.122. The van der Waals surface area contributed by atoms with Gasteiger partial charge in [0, 0.05) is 19.6 Å². The number of carbonyl (C=O) groups is 2. The molecule has 3 rings (SSSR count). The van der Waals surface area contributed by atoms with Gasteiger partial charge >= 0.3 is 0 Å². The average molecular weight is 407 g/mol. The third-order valence-electron chi connectivity index (χ3n) is 4.29. The van der Waals surface area contributed by atoms with Gasteiger partial charge in [0.1, 0.15) is 5.75 Å². The van der Waals surface area contributed by atoms with E-state index in [0.717, 1.165) is 28.6 Å². The van der Waals surface area contributed by atoms with Crippen molar-refractivity contribution in [2.45, 2.75) is 13.5 Å². The van der Waals surface area contributed by atoms with Gasteiger partial charge in [-0.05, 0) is 60.2 Å². The first-order valence-electron chi connectivity index (χ1n) is 9.28. The Bertz CT molecular complexity index is 947. The molecule has 1 fully saturated rings. The molecule has 0 aliphatic carbocycles. The fourth-order valence-electron chi connectivity index (χ4n) is 2.79. The molecule has 0 spiro atoms. The Morgan fingerprint density at radius 1 is 1.14 bits per heavy atom. The van der Waals surface area contributed by atoms with Gasteiger partial charge in [0.2, 0.25) is 0 Å². The van der Waals surface area contributed by atoms with Crippen LogP contribution in [0.2, 0.25) is 0 Å². The second kappa shape index (κ2) is 9.92. The monoisotopic (exact) mass is 407 g/mol. The van der Waals surface area contributed by atoms with Crippen molar-refractivity contribution in [1.82, 2.24) is 10.2 Å². The van der Waals surface area contributed by atoms with Crippen molar-refractivity contribution >= 4 is 29.0 Å². The summed E-state index contributed by atoms with van der Waals surface area (Å²) in [7, 11) is 0. The van der Waals surface area contributed by atoms with Crippen LogP contribution in [0, 0.1) is 11.3 Å². The molecule has 0 aromatic heterocycles. The van der Waals surface area contributed by atoms with Crippen LogP contribution in [0.5, 0.6) is 5.75 Å². The van der Waals surface area contributed by atoms with E-state index in [0.29, 0.717) is 36.7 Å². The summed E-state index contributed by atoms with van der Waals surface area (Å²) in [5.41, 5.74) is 2.50. The molecule has 29 heavy (non-hydrogen) atoms. The second-order valence-corrected chi connectivity index (χ2v) is 7.31. The number of rotatable bonds is 8. The lowest BCUT2D eigenvalue weighted by Gasteiger charge is -2.13. The Hall–Kier alpha value is -3.08. The van der Waals surface area contributed by atoms with Gasteiger partial charge < -0.3 is 10.1 Å². The van der Waals surface area contributed by atoms with Crippen molar-refractivity contribution < 1.29 is 14.3 Å². The Kier molecular flexibility index (Phi) is 7.06. The Morgan fingerprint density at radius 2 is 1.86 bits per heavy atom. The van der Waals surface area contributed by atoms with Gasteiger partial charge in [-0.1, -0.05) is 24.3 Å². The third kappa shape index (κ3) is 5.47. The van der Waals surface area contributed by atoms with Crippen molar-refractivity contribution in [3.8, 4) is 11.8 Å². The van der Waals surface area contributed by atoms with Gasteiger partial charge in [0.05, 0.1) is 23.1 Å². The number of amides is 2. The summed E-state index contributed by atoms with van der Waals surface area (Å²) < 4.78 is 5.41. The molecule has 1 aliphatic heterocycles. The number of imide groups is 1. The zero-order valence-corrected chi connectivity index (χ0v) is 16.9. The van der Waals surface area contributed by atoms with E-state index in [9.17, 15) is 9.59 Å². The minimum Gasteiger partial charge on any atom is -0.494 e. The van der Waals surface area contributed by atoms with E-state index in [2.05, 4.69) is 11.4 Å². The van der Waals surface area contributed by atoms with Crippen LogP contribution in [0.15, 0.2) is 53.4 Å². The van der Waals surface area contributed by atoms with E-state index in [1.54, 1.807) is 18.2 Å². The molecule has 2 amide bonds. The summed E-state index contributed by atoms with van der Waals surface area (Å²) in [6, 6.07) is 16.8. The number of benzene rings is 2. The van der Waals surface area contributed by atoms with Gasteiger partial charge in [-0.15, -0.1) is 0 Å². The lowest BCUT2D eigenvalue weighted by atomic mass is 10.1. The molecule has 1 heterocycles. The summed E-state index contributed by atoms with van der Waals surface area (Å²) >= 11 is 0.958. The van der Waals surface area contributed by atoms with E-state index < -0.39 is 0 Å². The third-order valence-corrected chi connectivity index (χ3v) is 5.19. The molecule has 148 valence electrons. The number of carbonyl (C=O) groups excluding carboxylic acids is 2. The van der Waals surface area contributed by atoms with E-state index in [1.165, 1.54) is 4.90 Å². The van der Waals surface area contributed by atoms with E-state index >= 15 is 0 Å². The maximum atomic E-state index is 12.6. The van der Waals surface area contributed by atoms with Crippen LogP contribution in [0.3, 0.4) is 0 Å². The largest absolute Gasteiger partial charge is 0.494 e. The van der Waals surface area contributed by atoms with Crippen LogP contribution in [-0.2, 0) is 11.3 Å². The van der Waals surface area contributed by atoms with E-state index in [4.69, 9.17) is 10.00 Å². The maximum absolute atomic E-state index is 12.6. The van der Waals surface area contributed by atoms with Crippen molar-refractivity contribution in [2.24, 2.45) is 0 Å². The predicted molar refractivity (Wildman–Crippen MR) is 113 cm³/mol. The molecular formula is C22H21N3O3S. The van der Waals surface area contributed by atoms with Crippen molar-refractivity contribution in [3.63, 3.8) is 0 Å². The molecule has 0 radical (unpaired) electrons. The van der Waals surface area contributed by atoms with Crippen molar-refractivity contribution in [1.29, 1.82) is 5.26 Å². The number of ether oxygens (including phenoxy) is 1. The van der Waals surface area contributed by atoms with Gasteiger partial charge in [-0.2, -0.15) is 5.26 Å². The van der Waals surface area contributed by atoms with Crippen LogP contribution in [0.1, 0.15) is 23.6 Å². The minimum atomic E-state index is -0.269.